The van der Waals surface area contributed by atoms with Gasteiger partial charge in [0.05, 0.1) is 40.2 Å². The molecule has 8 aromatic carbocycles. The van der Waals surface area contributed by atoms with Gasteiger partial charge in [0.15, 0.2) is 0 Å². The maximum Gasteiger partial charge on any atom is 0.395 e. The SMILES string of the molecule is Clc1ccc([Si]2(c3c(Cl)c(Cl)c(Cl)c(Cl)c3Cl)O[Si](c3ccccc3)(c3ccccc3)O[Si](c3ccccc3)(c3ccccc3)O[Si](c3ccccc3)(c3ccccc3)O2)c(Cl)c1Cl. The molecule has 9 rings (SSSR count). The van der Waals surface area contributed by atoms with Gasteiger partial charge in [-0.25, -0.2) is 0 Å². The van der Waals surface area contributed by atoms with E-state index in [1.807, 2.05) is 182 Å². The van der Waals surface area contributed by atoms with Crippen LogP contribution in [0, 0.1) is 0 Å². The van der Waals surface area contributed by atoms with Crippen LogP contribution in [0.4, 0.5) is 0 Å². The van der Waals surface area contributed by atoms with Crippen molar-refractivity contribution >= 4 is 169 Å². The largest absolute Gasteiger partial charge is 0.402 e. The highest BCUT2D eigenvalue weighted by molar-refractivity contribution is 7.17. The van der Waals surface area contributed by atoms with E-state index in [1.54, 1.807) is 12.1 Å². The van der Waals surface area contributed by atoms with Crippen molar-refractivity contribution in [3.63, 3.8) is 0 Å². The zero-order chi connectivity index (χ0) is 44.7. The average Bonchev–Trinajstić information content (AvgIpc) is 3.34. The number of hydrogen-bond acceptors (Lipinski definition) is 4. The number of hydrogen-bond donors (Lipinski definition) is 0. The molecule has 0 aromatic heterocycles. The van der Waals surface area contributed by atoms with Gasteiger partial charge in [0.25, 0.3) is 0 Å². The Balaban J connectivity index is 1.58. The van der Waals surface area contributed by atoms with Gasteiger partial charge in [-0.1, -0.05) is 281 Å². The summed E-state index contributed by atoms with van der Waals surface area (Å²) in [4.78, 5) is 0. The molecule has 8 aromatic rings. The van der Waals surface area contributed by atoms with Crippen molar-refractivity contribution in [2.75, 3.05) is 0 Å². The van der Waals surface area contributed by atoms with Crippen molar-refractivity contribution in [3.8, 4) is 0 Å². The van der Waals surface area contributed by atoms with Crippen LogP contribution in [0.1, 0.15) is 0 Å². The first kappa shape index (κ1) is 45.9. The van der Waals surface area contributed by atoms with Crippen LogP contribution in [0.5, 0.6) is 0 Å². The predicted molar refractivity (Wildman–Crippen MR) is 276 cm³/mol. The minimum atomic E-state index is -4.93. The van der Waals surface area contributed by atoms with E-state index in [0.717, 1.165) is 10.4 Å². The highest BCUT2D eigenvalue weighted by atomic mass is 35.5. The first-order chi connectivity index (χ1) is 31.0. The Kier molecular flexibility index (Phi) is 13.5. The molecule has 1 heterocycles. The molecule has 0 atom stereocenters. The minimum absolute atomic E-state index is 0.0263. The van der Waals surface area contributed by atoms with Crippen LogP contribution in [0.25, 0.3) is 0 Å². The molecule has 0 N–H and O–H groups in total. The van der Waals surface area contributed by atoms with E-state index in [-0.39, 0.29) is 50.6 Å². The van der Waals surface area contributed by atoms with Crippen molar-refractivity contribution in [2.24, 2.45) is 0 Å². The van der Waals surface area contributed by atoms with Gasteiger partial charge in [-0.3, -0.25) is 0 Å². The number of halogens is 8. The third kappa shape index (κ3) is 7.89. The molecule has 0 spiro atoms. The smallest absolute Gasteiger partial charge is 0.395 e. The maximum atomic E-state index is 8.41. The predicted octanol–water partition coefficient (Wildman–Crippen LogP) is 10.3. The summed E-state index contributed by atoms with van der Waals surface area (Å²) >= 11 is 57.5. The molecule has 0 unspecified atom stereocenters. The van der Waals surface area contributed by atoms with E-state index in [2.05, 4.69) is 0 Å². The molecular formula is C48H32Cl8O4Si4. The van der Waals surface area contributed by atoms with Crippen LogP contribution in [0.15, 0.2) is 194 Å². The lowest BCUT2D eigenvalue weighted by Crippen LogP contribution is -2.88. The minimum Gasteiger partial charge on any atom is -0.402 e. The zero-order valence-corrected chi connectivity index (χ0v) is 43.2. The highest BCUT2D eigenvalue weighted by Crippen LogP contribution is 2.44. The summed E-state index contributed by atoms with van der Waals surface area (Å²) in [5.74, 6) is 0. The van der Waals surface area contributed by atoms with E-state index in [1.165, 1.54) is 0 Å². The fraction of sp³-hybridized carbons (Fsp3) is 0. The van der Waals surface area contributed by atoms with Crippen molar-refractivity contribution in [3.05, 3.63) is 234 Å². The molecule has 64 heavy (non-hydrogen) atoms. The molecule has 1 saturated heterocycles. The summed E-state index contributed by atoms with van der Waals surface area (Å²) in [6, 6.07) is 62.4. The van der Waals surface area contributed by atoms with Gasteiger partial charge in [-0.15, -0.1) is 0 Å². The van der Waals surface area contributed by atoms with Crippen molar-refractivity contribution < 1.29 is 16.5 Å². The first-order valence-corrected chi connectivity index (χ1v) is 30.1. The number of benzene rings is 8. The lowest BCUT2D eigenvalue weighted by molar-refractivity contribution is 0.268. The fourth-order valence-electron chi connectivity index (χ4n) is 8.07. The van der Waals surface area contributed by atoms with Crippen LogP contribution in [-0.2, 0) is 16.5 Å². The van der Waals surface area contributed by atoms with Gasteiger partial charge < -0.3 is 16.5 Å². The van der Waals surface area contributed by atoms with Gasteiger partial charge in [-0.2, -0.15) is 0 Å². The van der Waals surface area contributed by atoms with Crippen molar-refractivity contribution in [1.29, 1.82) is 0 Å². The third-order valence-electron chi connectivity index (χ3n) is 11.0. The normalized spacial score (nSPS) is 16.4. The van der Waals surface area contributed by atoms with Crippen LogP contribution >= 0.6 is 92.8 Å². The Morgan fingerprint density at radius 2 is 0.484 bits per heavy atom. The van der Waals surface area contributed by atoms with E-state index in [9.17, 15) is 0 Å². The van der Waals surface area contributed by atoms with Gasteiger partial charge in [0.1, 0.15) is 0 Å². The molecular weight excluding hydrogens is 1040 g/mol. The molecule has 0 saturated carbocycles. The number of rotatable bonds is 8. The Hall–Kier alpha value is -3.21. The summed E-state index contributed by atoms with van der Waals surface area (Å²) in [5, 5.41) is 4.72. The Bertz CT molecular complexity index is 2700. The highest BCUT2D eigenvalue weighted by Gasteiger charge is 2.69. The summed E-state index contributed by atoms with van der Waals surface area (Å²) in [7, 11) is -17.9. The monoisotopic (exact) mass is 1060 g/mol. The molecule has 1 aliphatic rings. The van der Waals surface area contributed by atoms with Crippen LogP contribution in [0.3, 0.4) is 0 Å². The summed E-state index contributed by atoms with van der Waals surface area (Å²) in [6.45, 7) is 0. The van der Waals surface area contributed by atoms with E-state index in [4.69, 9.17) is 109 Å². The summed E-state index contributed by atoms with van der Waals surface area (Å²) in [5.41, 5.74) is 0. The molecule has 320 valence electrons. The lowest BCUT2D eigenvalue weighted by atomic mass is 10.3. The fourth-order valence-corrected chi connectivity index (χ4v) is 33.7. The summed E-state index contributed by atoms with van der Waals surface area (Å²) < 4.78 is 33.6. The van der Waals surface area contributed by atoms with E-state index < -0.39 is 34.2 Å². The standard InChI is InChI=1S/C48H32Cl8O4Si4/c49-39-31-32-40(42(51)41(39)50)64(48-46(55)44(53)43(52)45(54)47(48)56)59-62(35-23-11-3-12-24-35,36-25-13-4-14-26-36)57-61(33-19-7-1-8-20-33,34-21-9-2-10-22-34)58-63(60-64,37-27-15-5-16-28-37)38-29-17-6-18-30-38/h1-32H. The Morgan fingerprint density at radius 1 is 0.234 bits per heavy atom. The average molecular weight is 1070 g/mol. The Labute approximate surface area is 415 Å². The second-order valence-corrected chi connectivity index (χ2v) is 30.5. The van der Waals surface area contributed by atoms with E-state index in [0.29, 0.717) is 20.7 Å². The van der Waals surface area contributed by atoms with E-state index >= 15 is 0 Å². The molecule has 0 radical (unpaired) electrons. The maximum absolute atomic E-state index is 8.41. The molecule has 0 bridgehead atoms. The quantitative estimate of drug-likeness (QED) is 0.0864. The molecule has 0 aliphatic carbocycles. The van der Waals surface area contributed by atoms with Gasteiger partial charge in [-0.05, 0) is 37.2 Å². The van der Waals surface area contributed by atoms with Gasteiger partial charge in [0.2, 0.25) is 0 Å². The van der Waals surface area contributed by atoms with Gasteiger partial charge in [0, 0.05) is 10.4 Å². The lowest BCUT2D eigenvalue weighted by Gasteiger charge is -2.54. The van der Waals surface area contributed by atoms with Crippen molar-refractivity contribution in [1.82, 2.24) is 0 Å². The van der Waals surface area contributed by atoms with Crippen LogP contribution in [0.2, 0.25) is 40.2 Å². The first-order valence-electron chi connectivity index (χ1n) is 19.8. The van der Waals surface area contributed by atoms with Gasteiger partial charge >= 0.3 is 34.2 Å². The third-order valence-corrected chi connectivity index (χ3v) is 33.1. The van der Waals surface area contributed by atoms with Crippen LogP contribution < -0.4 is 41.5 Å². The molecule has 1 fully saturated rings. The molecule has 4 nitrogen and oxygen atoms in total. The second-order valence-electron chi connectivity index (χ2n) is 14.7. The molecule has 1 aliphatic heterocycles. The summed E-state index contributed by atoms with van der Waals surface area (Å²) in [6.07, 6.45) is 0. The molecule has 0 amide bonds. The van der Waals surface area contributed by atoms with Crippen molar-refractivity contribution in [2.45, 2.75) is 0 Å². The molecule has 16 heteroatoms. The zero-order valence-electron chi connectivity index (χ0n) is 33.1. The second kappa shape index (κ2) is 18.8. The van der Waals surface area contributed by atoms with Crippen LogP contribution in [-0.4, -0.2) is 34.2 Å². The topological polar surface area (TPSA) is 36.9 Å². The Morgan fingerprint density at radius 3 is 0.766 bits per heavy atom.